The number of rotatable bonds is 2. The molecule has 0 atom stereocenters. The van der Waals surface area contributed by atoms with Crippen LogP contribution in [0.2, 0.25) is 5.02 Å². The lowest BCUT2D eigenvalue weighted by atomic mass is 10.1. The fourth-order valence-electron chi connectivity index (χ4n) is 1.33. The molecule has 0 spiro atoms. The Bertz CT molecular complexity index is 516. The van der Waals surface area contributed by atoms with Crippen molar-refractivity contribution < 1.29 is 4.39 Å². The van der Waals surface area contributed by atoms with Gasteiger partial charge >= 0.3 is 0 Å². The second-order valence-corrected chi connectivity index (χ2v) is 3.53. The molecule has 1 aromatic heterocycles. The average molecular weight is 238 g/mol. The van der Waals surface area contributed by atoms with Crippen LogP contribution in [0.25, 0.3) is 11.3 Å². The maximum Gasteiger partial charge on any atom is 0.223 e. The Morgan fingerprint density at radius 3 is 2.75 bits per heavy atom. The minimum Gasteiger partial charge on any atom is -0.357 e. The molecule has 82 valence electrons. The lowest BCUT2D eigenvalue weighted by Crippen LogP contribution is -1.99. The smallest absolute Gasteiger partial charge is 0.223 e. The molecule has 0 unspecified atom stereocenters. The lowest BCUT2D eigenvalue weighted by Gasteiger charge is -2.06. The summed E-state index contributed by atoms with van der Waals surface area (Å²) in [5.41, 5.74) is 0.755. The van der Waals surface area contributed by atoms with E-state index in [0.29, 0.717) is 16.5 Å². The van der Waals surface area contributed by atoms with Crippen molar-refractivity contribution in [3.63, 3.8) is 0 Å². The predicted octanol–water partition coefficient (Wildman–Crippen LogP) is 2.98. The van der Waals surface area contributed by atoms with Gasteiger partial charge in [0, 0.05) is 12.6 Å². The second-order valence-electron chi connectivity index (χ2n) is 3.12. The van der Waals surface area contributed by atoms with Crippen molar-refractivity contribution in [1.82, 2.24) is 9.97 Å². The van der Waals surface area contributed by atoms with Crippen LogP contribution in [0.1, 0.15) is 0 Å². The summed E-state index contributed by atoms with van der Waals surface area (Å²) in [6.45, 7) is 0. The van der Waals surface area contributed by atoms with Crippen LogP contribution in [-0.2, 0) is 0 Å². The van der Waals surface area contributed by atoms with Gasteiger partial charge in [0.15, 0.2) is 5.82 Å². The largest absolute Gasteiger partial charge is 0.357 e. The van der Waals surface area contributed by atoms with Gasteiger partial charge in [0.1, 0.15) is 5.69 Å². The Morgan fingerprint density at radius 2 is 2.06 bits per heavy atom. The fourth-order valence-corrected chi connectivity index (χ4v) is 1.55. The zero-order valence-corrected chi connectivity index (χ0v) is 9.29. The molecular weight excluding hydrogens is 229 g/mol. The monoisotopic (exact) mass is 237 g/mol. The zero-order valence-electron chi connectivity index (χ0n) is 8.54. The predicted molar refractivity (Wildman–Crippen MR) is 62.0 cm³/mol. The highest BCUT2D eigenvalue weighted by atomic mass is 35.5. The molecule has 0 amide bonds. The number of benzene rings is 1. The highest BCUT2D eigenvalue weighted by Gasteiger charge is 2.11. The van der Waals surface area contributed by atoms with Crippen LogP contribution >= 0.6 is 11.6 Å². The van der Waals surface area contributed by atoms with Crippen molar-refractivity contribution >= 4 is 17.5 Å². The maximum absolute atomic E-state index is 13.6. The van der Waals surface area contributed by atoms with Crippen molar-refractivity contribution in [2.45, 2.75) is 0 Å². The number of nitrogens with one attached hydrogen (secondary N) is 1. The number of anilines is 1. The molecule has 0 aliphatic heterocycles. The molecule has 5 heteroatoms. The van der Waals surface area contributed by atoms with Crippen LogP contribution in [0, 0.1) is 5.82 Å². The first kappa shape index (κ1) is 10.8. The van der Waals surface area contributed by atoms with E-state index in [1.54, 1.807) is 31.3 Å². The summed E-state index contributed by atoms with van der Waals surface area (Å²) in [5.74, 6) is -0.136. The van der Waals surface area contributed by atoms with Gasteiger partial charge in [-0.05, 0) is 6.07 Å². The van der Waals surface area contributed by atoms with E-state index in [1.807, 2.05) is 0 Å². The van der Waals surface area contributed by atoms with E-state index in [0.717, 1.165) is 6.20 Å². The van der Waals surface area contributed by atoms with E-state index in [9.17, 15) is 4.39 Å². The summed E-state index contributed by atoms with van der Waals surface area (Å²) < 4.78 is 13.6. The minimum absolute atomic E-state index is 0.199. The van der Waals surface area contributed by atoms with Gasteiger partial charge in [-0.3, -0.25) is 0 Å². The Morgan fingerprint density at radius 1 is 1.31 bits per heavy atom. The van der Waals surface area contributed by atoms with E-state index < -0.39 is 5.82 Å². The fraction of sp³-hybridized carbons (Fsp3) is 0.0909. The molecule has 0 saturated heterocycles. The molecule has 16 heavy (non-hydrogen) atoms. The van der Waals surface area contributed by atoms with Crippen LogP contribution in [0.3, 0.4) is 0 Å². The number of halogens is 2. The van der Waals surface area contributed by atoms with Gasteiger partial charge in [0.2, 0.25) is 5.95 Å². The number of hydrogen-bond donors (Lipinski definition) is 1. The molecule has 0 radical (unpaired) electrons. The normalized spacial score (nSPS) is 10.2. The highest BCUT2D eigenvalue weighted by Crippen LogP contribution is 2.28. The summed E-state index contributed by atoms with van der Waals surface area (Å²) in [7, 11) is 1.67. The highest BCUT2D eigenvalue weighted by molar-refractivity contribution is 6.33. The molecular formula is C11H9ClFN3. The summed E-state index contributed by atoms with van der Waals surface area (Å²) in [6.07, 6.45) is 1.12. The van der Waals surface area contributed by atoms with Gasteiger partial charge in [-0.2, -0.15) is 0 Å². The van der Waals surface area contributed by atoms with E-state index in [1.165, 1.54) is 0 Å². The molecule has 2 aromatic rings. The summed E-state index contributed by atoms with van der Waals surface area (Å²) in [6, 6.07) is 6.97. The van der Waals surface area contributed by atoms with Gasteiger partial charge in [-0.15, -0.1) is 0 Å². The van der Waals surface area contributed by atoms with Crippen molar-refractivity contribution in [2.24, 2.45) is 0 Å². The zero-order chi connectivity index (χ0) is 11.5. The second kappa shape index (κ2) is 4.45. The van der Waals surface area contributed by atoms with Gasteiger partial charge in [0.05, 0.1) is 11.2 Å². The molecule has 0 aliphatic rings. The third-order valence-corrected chi connectivity index (χ3v) is 2.43. The Labute approximate surface area is 97.3 Å². The summed E-state index contributed by atoms with van der Waals surface area (Å²) in [4.78, 5) is 7.81. The molecule has 1 N–H and O–H groups in total. The van der Waals surface area contributed by atoms with Gasteiger partial charge in [-0.1, -0.05) is 29.8 Å². The lowest BCUT2D eigenvalue weighted by molar-refractivity contribution is 0.619. The van der Waals surface area contributed by atoms with Crippen LogP contribution < -0.4 is 5.32 Å². The standard InChI is InChI=1S/C11H9ClFN3/c1-14-11-15-6-9(13)10(16-11)7-4-2-3-5-8(7)12/h2-6H,1H3,(H,14,15,16). The van der Waals surface area contributed by atoms with E-state index in [4.69, 9.17) is 11.6 Å². The first-order valence-electron chi connectivity index (χ1n) is 4.67. The number of hydrogen-bond acceptors (Lipinski definition) is 3. The molecule has 0 fully saturated rings. The van der Waals surface area contributed by atoms with Gasteiger partial charge in [-0.25, -0.2) is 14.4 Å². The molecule has 1 aromatic carbocycles. The van der Waals surface area contributed by atoms with E-state index in [-0.39, 0.29) is 5.69 Å². The third-order valence-electron chi connectivity index (χ3n) is 2.10. The molecule has 0 saturated carbocycles. The summed E-state index contributed by atoms with van der Waals surface area (Å²) in [5, 5.41) is 3.21. The molecule has 1 heterocycles. The Balaban J connectivity index is 2.59. The average Bonchev–Trinajstić information content (AvgIpc) is 2.31. The van der Waals surface area contributed by atoms with Gasteiger partial charge < -0.3 is 5.32 Å². The van der Waals surface area contributed by atoms with E-state index in [2.05, 4.69) is 15.3 Å². The number of nitrogens with zero attached hydrogens (tertiary/aromatic N) is 2. The summed E-state index contributed by atoms with van der Waals surface area (Å²) >= 11 is 5.98. The Kier molecular flexibility index (Phi) is 3.01. The molecule has 3 nitrogen and oxygen atoms in total. The molecule has 2 rings (SSSR count). The Hall–Kier alpha value is -1.68. The van der Waals surface area contributed by atoms with E-state index >= 15 is 0 Å². The van der Waals surface area contributed by atoms with Crippen LogP contribution in [0.15, 0.2) is 30.5 Å². The molecule has 0 aliphatic carbocycles. The van der Waals surface area contributed by atoms with Crippen molar-refractivity contribution in [1.29, 1.82) is 0 Å². The SMILES string of the molecule is CNc1ncc(F)c(-c2ccccc2Cl)n1. The maximum atomic E-state index is 13.6. The minimum atomic E-state index is -0.493. The van der Waals surface area contributed by atoms with Gasteiger partial charge in [0.25, 0.3) is 0 Å². The van der Waals surface area contributed by atoms with Crippen LogP contribution in [0.4, 0.5) is 10.3 Å². The number of aromatic nitrogens is 2. The van der Waals surface area contributed by atoms with Crippen molar-refractivity contribution in [3.05, 3.63) is 41.3 Å². The third kappa shape index (κ3) is 1.97. The van der Waals surface area contributed by atoms with Crippen LogP contribution in [-0.4, -0.2) is 17.0 Å². The first-order chi connectivity index (χ1) is 7.72. The topological polar surface area (TPSA) is 37.8 Å². The van der Waals surface area contributed by atoms with Crippen LogP contribution in [0.5, 0.6) is 0 Å². The molecule has 0 bridgehead atoms. The van der Waals surface area contributed by atoms with Crippen molar-refractivity contribution in [3.8, 4) is 11.3 Å². The van der Waals surface area contributed by atoms with Crippen molar-refractivity contribution in [2.75, 3.05) is 12.4 Å². The first-order valence-corrected chi connectivity index (χ1v) is 5.05. The quantitative estimate of drug-likeness (QED) is 0.873.